The van der Waals surface area contributed by atoms with E-state index in [1.54, 1.807) is 43.5 Å². The number of nitrogens with zero attached hydrogens (tertiary/aromatic N) is 1. The highest BCUT2D eigenvalue weighted by molar-refractivity contribution is 5.94. The molecule has 29 heavy (non-hydrogen) atoms. The second-order valence-electron chi connectivity index (χ2n) is 6.04. The van der Waals surface area contributed by atoms with Crippen molar-refractivity contribution in [3.63, 3.8) is 0 Å². The van der Waals surface area contributed by atoms with E-state index in [-0.39, 0.29) is 23.7 Å². The fourth-order valence-electron chi connectivity index (χ4n) is 2.82. The average Bonchev–Trinajstić information content (AvgIpc) is 2.72. The molecule has 8 heteroatoms. The molecule has 1 N–H and O–H groups in total. The molecule has 0 spiro atoms. The fraction of sp³-hybridized carbons (Fsp3) is 0.0952. The summed E-state index contributed by atoms with van der Waals surface area (Å²) in [6.07, 6.45) is 0. The summed E-state index contributed by atoms with van der Waals surface area (Å²) in [6, 6.07) is 17.7. The molecule has 1 unspecified atom stereocenters. The number of hydrogen-bond donors (Lipinski definition) is 1. The van der Waals surface area contributed by atoms with E-state index in [4.69, 9.17) is 4.74 Å². The number of benzene rings is 3. The van der Waals surface area contributed by atoms with E-state index in [0.717, 1.165) is 6.07 Å². The second-order valence-corrected chi connectivity index (χ2v) is 6.04. The number of methoxy groups -OCH3 is 1. The van der Waals surface area contributed by atoms with Crippen molar-refractivity contribution in [3.8, 4) is 5.75 Å². The maximum absolute atomic E-state index is 13.5. The third kappa shape index (κ3) is 5.30. The molecule has 6 nitrogen and oxygen atoms in total. The minimum atomic E-state index is -0.665. The van der Waals surface area contributed by atoms with Gasteiger partial charge in [-0.2, -0.15) is 0 Å². The molecule has 0 bridgehead atoms. The van der Waals surface area contributed by atoms with Crippen LogP contribution in [0.5, 0.6) is 5.75 Å². The number of rotatable bonds is 6. The second kappa shape index (κ2) is 9.66. The topological polar surface area (TPSA) is 81.5 Å². The van der Waals surface area contributed by atoms with Gasteiger partial charge in [-0.3, -0.25) is 14.9 Å². The SMILES string of the molecule is COc1ccc(C(NC(=O)c2cccc(F)c2)c2cccc([N+](=O)[O-])c2)cc1.Cl. The molecule has 1 amide bonds. The molecule has 0 fully saturated rings. The number of carbonyl (C=O) groups excluding carboxylic acids is 1. The van der Waals surface area contributed by atoms with Crippen molar-refractivity contribution < 1.29 is 18.8 Å². The molecule has 0 aromatic heterocycles. The number of nitrogens with one attached hydrogen (secondary N) is 1. The number of ether oxygens (including phenoxy) is 1. The Morgan fingerprint density at radius 1 is 1.03 bits per heavy atom. The van der Waals surface area contributed by atoms with Gasteiger partial charge in [-0.15, -0.1) is 12.4 Å². The lowest BCUT2D eigenvalue weighted by Crippen LogP contribution is -2.29. The van der Waals surface area contributed by atoms with Gasteiger partial charge in [-0.05, 0) is 41.5 Å². The van der Waals surface area contributed by atoms with Gasteiger partial charge in [-0.1, -0.05) is 30.3 Å². The first-order chi connectivity index (χ1) is 13.5. The van der Waals surface area contributed by atoms with Gasteiger partial charge in [-0.25, -0.2) is 4.39 Å². The smallest absolute Gasteiger partial charge is 0.269 e. The van der Waals surface area contributed by atoms with Crippen molar-refractivity contribution in [2.75, 3.05) is 7.11 Å². The Bertz CT molecular complexity index is 1010. The summed E-state index contributed by atoms with van der Waals surface area (Å²) in [7, 11) is 1.54. The van der Waals surface area contributed by atoms with Crippen LogP contribution >= 0.6 is 12.4 Å². The summed E-state index contributed by atoms with van der Waals surface area (Å²) in [6.45, 7) is 0. The highest BCUT2D eigenvalue weighted by Crippen LogP contribution is 2.27. The van der Waals surface area contributed by atoms with Crippen LogP contribution in [0.3, 0.4) is 0 Å². The molecule has 3 rings (SSSR count). The van der Waals surface area contributed by atoms with E-state index in [0.29, 0.717) is 16.9 Å². The van der Waals surface area contributed by atoms with Gasteiger partial charge in [0.05, 0.1) is 18.1 Å². The zero-order valence-electron chi connectivity index (χ0n) is 15.4. The summed E-state index contributed by atoms with van der Waals surface area (Å²) >= 11 is 0. The standard InChI is InChI=1S/C21H17FN2O4.ClH/c1-28-19-10-8-14(9-11-19)20(15-4-3-7-18(13-15)24(26)27)23-21(25)16-5-2-6-17(22)12-16;/h2-13,20H,1H3,(H,23,25);1H. The number of nitro groups is 1. The van der Waals surface area contributed by atoms with Gasteiger partial charge in [0.1, 0.15) is 11.6 Å². The Balaban J connectivity index is 0.00000300. The molecule has 0 saturated heterocycles. The van der Waals surface area contributed by atoms with E-state index in [9.17, 15) is 19.3 Å². The number of carbonyl (C=O) groups is 1. The van der Waals surface area contributed by atoms with Crippen LogP contribution in [0.25, 0.3) is 0 Å². The van der Waals surface area contributed by atoms with Crippen LogP contribution in [0.15, 0.2) is 72.8 Å². The summed E-state index contributed by atoms with van der Waals surface area (Å²) in [5, 5.41) is 14.0. The monoisotopic (exact) mass is 416 g/mol. The minimum absolute atomic E-state index is 0. The number of hydrogen-bond acceptors (Lipinski definition) is 4. The molecule has 0 aliphatic rings. The Hall–Kier alpha value is -3.45. The molecule has 0 heterocycles. The first-order valence-electron chi connectivity index (χ1n) is 8.42. The van der Waals surface area contributed by atoms with Gasteiger partial charge < -0.3 is 10.1 Å². The number of amides is 1. The Morgan fingerprint density at radius 3 is 2.34 bits per heavy atom. The number of non-ortho nitro benzene ring substituents is 1. The van der Waals surface area contributed by atoms with Crippen molar-refractivity contribution in [1.82, 2.24) is 5.32 Å². The van der Waals surface area contributed by atoms with Crippen LogP contribution in [0, 0.1) is 15.9 Å². The van der Waals surface area contributed by atoms with Gasteiger partial charge >= 0.3 is 0 Å². The molecular formula is C21H18ClFN2O4. The van der Waals surface area contributed by atoms with Crippen molar-refractivity contribution >= 4 is 24.0 Å². The van der Waals surface area contributed by atoms with Crippen molar-refractivity contribution in [2.45, 2.75) is 6.04 Å². The fourth-order valence-corrected chi connectivity index (χ4v) is 2.82. The normalized spacial score (nSPS) is 11.1. The van der Waals surface area contributed by atoms with Crippen LogP contribution in [0.1, 0.15) is 27.5 Å². The van der Waals surface area contributed by atoms with Crippen molar-refractivity contribution in [3.05, 3.63) is 105 Å². The first-order valence-corrected chi connectivity index (χ1v) is 8.42. The van der Waals surface area contributed by atoms with Crippen molar-refractivity contribution in [1.29, 1.82) is 0 Å². The number of nitro benzene ring substituents is 1. The molecule has 0 aliphatic heterocycles. The summed E-state index contributed by atoms with van der Waals surface area (Å²) in [5.74, 6) is -0.381. The molecule has 150 valence electrons. The summed E-state index contributed by atoms with van der Waals surface area (Å²) in [4.78, 5) is 23.3. The zero-order valence-corrected chi connectivity index (χ0v) is 16.2. The molecule has 0 saturated carbocycles. The van der Waals surface area contributed by atoms with E-state index in [2.05, 4.69) is 5.32 Å². The van der Waals surface area contributed by atoms with Crippen LogP contribution in [0.4, 0.5) is 10.1 Å². The van der Waals surface area contributed by atoms with E-state index < -0.39 is 22.7 Å². The molecule has 3 aromatic carbocycles. The third-order valence-electron chi connectivity index (χ3n) is 4.23. The predicted octanol–water partition coefficient (Wildman–Crippen LogP) is 4.68. The minimum Gasteiger partial charge on any atom is -0.497 e. The van der Waals surface area contributed by atoms with Crippen LogP contribution < -0.4 is 10.1 Å². The lowest BCUT2D eigenvalue weighted by atomic mass is 9.97. The average molecular weight is 417 g/mol. The van der Waals surface area contributed by atoms with Gasteiger partial charge in [0, 0.05) is 17.7 Å². The molecular weight excluding hydrogens is 399 g/mol. The molecule has 3 aromatic rings. The highest BCUT2D eigenvalue weighted by atomic mass is 35.5. The third-order valence-corrected chi connectivity index (χ3v) is 4.23. The lowest BCUT2D eigenvalue weighted by Gasteiger charge is -2.20. The molecule has 1 atom stereocenters. The van der Waals surface area contributed by atoms with E-state index in [1.165, 1.54) is 30.3 Å². The molecule has 0 aliphatic carbocycles. The van der Waals surface area contributed by atoms with Crippen LogP contribution in [-0.2, 0) is 0 Å². The van der Waals surface area contributed by atoms with Gasteiger partial charge in [0.25, 0.3) is 11.6 Å². The predicted molar refractivity (Wildman–Crippen MR) is 109 cm³/mol. The summed E-state index contributed by atoms with van der Waals surface area (Å²) < 4.78 is 18.6. The summed E-state index contributed by atoms with van der Waals surface area (Å²) in [5.41, 5.74) is 1.30. The maximum Gasteiger partial charge on any atom is 0.269 e. The maximum atomic E-state index is 13.5. The van der Waals surface area contributed by atoms with E-state index >= 15 is 0 Å². The van der Waals surface area contributed by atoms with Gasteiger partial charge in [0.2, 0.25) is 0 Å². The number of halogens is 2. The first kappa shape index (κ1) is 21.8. The van der Waals surface area contributed by atoms with Crippen LogP contribution in [-0.4, -0.2) is 17.9 Å². The highest BCUT2D eigenvalue weighted by Gasteiger charge is 2.20. The van der Waals surface area contributed by atoms with Gasteiger partial charge in [0.15, 0.2) is 0 Å². The van der Waals surface area contributed by atoms with Crippen LogP contribution in [0.2, 0.25) is 0 Å². The Morgan fingerprint density at radius 2 is 1.72 bits per heavy atom. The molecule has 0 radical (unpaired) electrons. The zero-order chi connectivity index (χ0) is 20.1. The Labute approximate surface area is 172 Å². The lowest BCUT2D eigenvalue weighted by molar-refractivity contribution is -0.384. The largest absolute Gasteiger partial charge is 0.497 e. The quantitative estimate of drug-likeness (QED) is 0.467. The van der Waals surface area contributed by atoms with E-state index in [1.807, 2.05) is 0 Å². The Kier molecular flexibility index (Phi) is 7.27. The van der Waals surface area contributed by atoms with Crippen molar-refractivity contribution in [2.24, 2.45) is 0 Å².